The molecule has 1 N–H and O–H groups in total. The highest BCUT2D eigenvalue weighted by Crippen LogP contribution is 2.29. The van der Waals surface area contributed by atoms with Crippen LogP contribution in [0.15, 0.2) is 0 Å². The number of carboxylic acid groups (broad SMARTS) is 1. The molecule has 0 aromatic carbocycles. The Labute approximate surface area is 88.8 Å². The van der Waals surface area contributed by atoms with E-state index in [9.17, 15) is 26.4 Å². The molecule has 4 nitrogen and oxygen atoms in total. The van der Waals surface area contributed by atoms with E-state index in [1.807, 2.05) is 0 Å². The first-order valence-electron chi connectivity index (χ1n) is 3.75. The molecule has 0 atom stereocenters. The molecular weight excluding hydrogens is 257 g/mol. The number of aliphatic carboxylic acids is 1. The van der Waals surface area contributed by atoms with Crippen LogP contribution < -0.4 is 0 Å². The Kier molecular flexibility index (Phi) is 5.43. The second-order valence-electron chi connectivity index (χ2n) is 2.59. The molecule has 0 aromatic rings. The molecule has 0 aromatic heterocycles. The molecule has 0 saturated carbocycles. The quantitative estimate of drug-likeness (QED) is 0.780. The molecule has 90 valence electrons. The number of halogens is 3. The molecule has 0 rings (SSSR count). The van der Waals surface area contributed by atoms with Crippen molar-refractivity contribution in [2.24, 2.45) is 0 Å². The third kappa shape index (κ3) is 9.85. The Morgan fingerprint density at radius 1 is 1.27 bits per heavy atom. The molecule has 0 aliphatic carbocycles. The highest BCUT2D eigenvalue weighted by molar-refractivity contribution is 8.01. The van der Waals surface area contributed by atoms with Crippen molar-refractivity contribution in [2.75, 3.05) is 17.3 Å². The Morgan fingerprint density at radius 3 is 2.20 bits per heavy atom. The van der Waals surface area contributed by atoms with Gasteiger partial charge in [0.15, 0.2) is 9.84 Å². The van der Waals surface area contributed by atoms with Crippen molar-refractivity contribution in [3.63, 3.8) is 0 Å². The fourth-order valence-electron chi connectivity index (χ4n) is 0.629. The fraction of sp³-hybridized carbons (Fsp3) is 0.833. The third-order valence-corrected chi connectivity index (χ3v) is 3.93. The van der Waals surface area contributed by atoms with Gasteiger partial charge in [0.25, 0.3) is 0 Å². The van der Waals surface area contributed by atoms with Crippen molar-refractivity contribution in [3.05, 3.63) is 0 Å². The number of carboxylic acids is 1. The van der Waals surface area contributed by atoms with Gasteiger partial charge in [-0.15, -0.1) is 0 Å². The zero-order valence-electron chi connectivity index (χ0n) is 7.45. The van der Waals surface area contributed by atoms with Crippen molar-refractivity contribution < 1.29 is 31.5 Å². The van der Waals surface area contributed by atoms with Crippen LogP contribution in [0.2, 0.25) is 0 Å². The van der Waals surface area contributed by atoms with Gasteiger partial charge in [0.05, 0.1) is 17.9 Å². The second-order valence-corrected chi connectivity index (χ2v) is 6.05. The van der Waals surface area contributed by atoms with E-state index < -0.39 is 56.8 Å². The average Bonchev–Trinajstić information content (AvgIpc) is 1.98. The molecule has 0 fully saturated rings. The molecule has 0 amide bonds. The molecule has 0 saturated heterocycles. The van der Waals surface area contributed by atoms with Crippen molar-refractivity contribution in [1.82, 2.24) is 0 Å². The van der Waals surface area contributed by atoms with Gasteiger partial charge >= 0.3 is 11.5 Å². The highest BCUT2D eigenvalue weighted by Gasteiger charge is 2.28. The van der Waals surface area contributed by atoms with Crippen LogP contribution in [0.1, 0.15) is 6.42 Å². The predicted molar refractivity (Wildman–Crippen MR) is 49.4 cm³/mol. The first-order chi connectivity index (χ1) is 6.62. The Hall–Kier alpha value is -0.440. The first kappa shape index (κ1) is 14.6. The first-order valence-corrected chi connectivity index (χ1v) is 6.56. The van der Waals surface area contributed by atoms with Crippen molar-refractivity contribution in [1.29, 1.82) is 0 Å². The minimum absolute atomic E-state index is 0.432. The average molecular weight is 266 g/mol. The SMILES string of the molecule is O=C(O)CCS(=O)(=O)CCSC(F)(F)F. The van der Waals surface area contributed by atoms with Crippen LogP contribution in [0.25, 0.3) is 0 Å². The maximum absolute atomic E-state index is 11.6. The van der Waals surface area contributed by atoms with Crippen molar-refractivity contribution >= 4 is 27.6 Å². The minimum atomic E-state index is -4.46. The summed E-state index contributed by atoms with van der Waals surface area (Å²) in [6.07, 6.45) is -0.584. The molecule has 0 bridgehead atoms. The standard InChI is InChI=1S/C6H9F3O4S2/c7-6(8,9)14-2-4-15(12,13)3-1-5(10)11/h1-4H2,(H,10,11). The number of sulfone groups is 1. The van der Waals surface area contributed by atoms with E-state index in [0.29, 0.717) is 0 Å². The smallest absolute Gasteiger partial charge is 0.441 e. The van der Waals surface area contributed by atoms with Gasteiger partial charge in [-0.05, 0) is 11.8 Å². The lowest BCUT2D eigenvalue weighted by atomic mass is 10.5. The van der Waals surface area contributed by atoms with E-state index >= 15 is 0 Å². The summed E-state index contributed by atoms with van der Waals surface area (Å²) < 4.78 is 56.8. The maximum atomic E-state index is 11.6. The van der Waals surface area contributed by atoms with Gasteiger partial charge in [-0.1, -0.05) is 0 Å². The van der Waals surface area contributed by atoms with Crippen LogP contribution in [0, 0.1) is 0 Å². The number of carbonyl (C=O) groups is 1. The molecule has 0 heterocycles. The molecule has 0 spiro atoms. The van der Waals surface area contributed by atoms with E-state index in [4.69, 9.17) is 5.11 Å². The van der Waals surface area contributed by atoms with Gasteiger partial charge in [-0.2, -0.15) is 13.2 Å². The molecule has 0 aliphatic heterocycles. The van der Waals surface area contributed by atoms with E-state index in [1.165, 1.54) is 0 Å². The summed E-state index contributed by atoms with van der Waals surface area (Å²) in [6, 6.07) is 0. The lowest BCUT2D eigenvalue weighted by molar-refractivity contribution is -0.136. The summed E-state index contributed by atoms with van der Waals surface area (Å²) >= 11 is -0.432. The summed E-state index contributed by atoms with van der Waals surface area (Å²) in [6.45, 7) is 0. The van der Waals surface area contributed by atoms with Gasteiger partial charge in [-0.25, -0.2) is 8.42 Å². The number of hydrogen-bond acceptors (Lipinski definition) is 4. The minimum Gasteiger partial charge on any atom is -0.481 e. The molecule has 0 aliphatic rings. The van der Waals surface area contributed by atoms with Gasteiger partial charge in [-0.3, -0.25) is 4.79 Å². The maximum Gasteiger partial charge on any atom is 0.441 e. The van der Waals surface area contributed by atoms with E-state index in [0.717, 1.165) is 0 Å². The van der Waals surface area contributed by atoms with Crippen LogP contribution in [0.3, 0.4) is 0 Å². The topological polar surface area (TPSA) is 71.4 Å². The third-order valence-electron chi connectivity index (χ3n) is 1.29. The Balaban J connectivity index is 3.90. The van der Waals surface area contributed by atoms with Crippen LogP contribution in [0.4, 0.5) is 13.2 Å². The summed E-state index contributed by atoms with van der Waals surface area (Å²) in [5.74, 6) is -3.18. The van der Waals surface area contributed by atoms with E-state index in [2.05, 4.69) is 0 Å². The monoisotopic (exact) mass is 266 g/mol. The van der Waals surface area contributed by atoms with Gasteiger partial charge in [0.2, 0.25) is 0 Å². The molecule has 0 radical (unpaired) electrons. The second kappa shape index (κ2) is 5.59. The van der Waals surface area contributed by atoms with Crippen LogP contribution in [0.5, 0.6) is 0 Å². The highest BCUT2D eigenvalue weighted by atomic mass is 32.2. The molecule has 0 unspecified atom stereocenters. The largest absolute Gasteiger partial charge is 0.481 e. The number of rotatable bonds is 6. The molecule has 15 heavy (non-hydrogen) atoms. The van der Waals surface area contributed by atoms with E-state index in [1.54, 1.807) is 0 Å². The number of hydrogen-bond donors (Lipinski definition) is 1. The lowest BCUT2D eigenvalue weighted by Crippen LogP contribution is -2.17. The number of alkyl halides is 3. The molecular formula is C6H9F3O4S2. The number of thioether (sulfide) groups is 1. The van der Waals surface area contributed by atoms with Gasteiger partial charge in [0.1, 0.15) is 0 Å². The normalized spacial score (nSPS) is 12.7. The van der Waals surface area contributed by atoms with Crippen LogP contribution in [-0.2, 0) is 14.6 Å². The van der Waals surface area contributed by atoms with E-state index in [-0.39, 0.29) is 0 Å². The summed E-state index contributed by atoms with van der Waals surface area (Å²) in [4.78, 5) is 10.0. The van der Waals surface area contributed by atoms with Crippen LogP contribution in [-0.4, -0.2) is 42.3 Å². The Morgan fingerprint density at radius 2 is 1.80 bits per heavy atom. The van der Waals surface area contributed by atoms with Crippen molar-refractivity contribution in [2.45, 2.75) is 11.9 Å². The Bertz CT molecular complexity index is 309. The molecule has 9 heteroatoms. The lowest BCUT2D eigenvalue weighted by Gasteiger charge is -2.05. The summed E-state index contributed by atoms with van der Waals surface area (Å²) in [5, 5.41) is 8.18. The zero-order valence-corrected chi connectivity index (χ0v) is 9.08. The predicted octanol–water partition coefficient (Wildman–Crippen LogP) is 1.13. The summed E-state index contributed by atoms with van der Waals surface area (Å²) in [7, 11) is -3.70. The van der Waals surface area contributed by atoms with Crippen molar-refractivity contribution in [3.8, 4) is 0 Å². The van der Waals surface area contributed by atoms with Gasteiger partial charge in [0, 0.05) is 5.75 Å². The van der Waals surface area contributed by atoms with Gasteiger partial charge < -0.3 is 5.11 Å². The fourth-order valence-corrected chi connectivity index (χ4v) is 2.90. The summed E-state index contributed by atoms with van der Waals surface area (Å²) in [5.41, 5.74) is -4.46. The zero-order chi connectivity index (χ0) is 12.1. The van der Waals surface area contributed by atoms with Crippen LogP contribution >= 0.6 is 11.8 Å².